The fourth-order valence-corrected chi connectivity index (χ4v) is 13.3. The van der Waals surface area contributed by atoms with Crippen LogP contribution in [0, 0.1) is 0 Å². The molecule has 3 aromatic heterocycles. The molecule has 1 atom stereocenters. The molecule has 0 N–H and O–H groups in total. The number of hydrogen-bond acceptors (Lipinski definition) is 2. The Morgan fingerprint density at radius 1 is 0.417 bits per heavy atom. The van der Waals surface area contributed by atoms with E-state index >= 15 is 0 Å². The van der Waals surface area contributed by atoms with E-state index in [1.807, 2.05) is 0 Å². The van der Waals surface area contributed by atoms with Crippen LogP contribution in [0.3, 0.4) is 0 Å². The summed E-state index contributed by atoms with van der Waals surface area (Å²) >= 11 is 0. The second kappa shape index (κ2) is 9.30. The monoisotopic (exact) mass is 767 g/mol. The van der Waals surface area contributed by atoms with Gasteiger partial charge in [0.2, 0.25) is 0 Å². The SMILES string of the molecule is CC1(C)c2ccccc2N2c3c1ccc1c3C34c5c6c(cc7c8ccccc8n-1c57)C(C)(C)c1ccccc1N6c1cc5ccccc5c([n+]13)-c1c3ccccc3cc2[n+]14. The third-order valence-electron chi connectivity index (χ3n) is 15.7. The van der Waals surface area contributed by atoms with Gasteiger partial charge in [-0.1, -0.05) is 125 Å². The lowest BCUT2D eigenvalue weighted by molar-refractivity contribution is -0.928. The normalized spacial score (nSPS) is 18.9. The van der Waals surface area contributed by atoms with Gasteiger partial charge >= 0.3 is 5.66 Å². The summed E-state index contributed by atoms with van der Waals surface area (Å²) in [5.41, 5.74) is 18.4. The molecular weight excluding hydrogens is 731 g/mol. The van der Waals surface area contributed by atoms with Crippen LogP contribution in [0.15, 0.2) is 152 Å². The standard InChI is InChI=1S/C55H37N5/c1-53(2)36-20-10-13-23-41(36)57-44-27-30-15-5-7-17-32(30)49-50-33-18-8-6-16-31(33)28-45-58-42-24-14-11-21-37(42)54(3,4)39-29-35-34-19-9-12-22-40(34)56-43-26-25-38(53)51(57)46(43)55(59(44)49,60(45)50)47(48(35)56)52(39)58/h5-29H,1-4H3/q+2. The molecule has 60 heavy (non-hydrogen) atoms. The van der Waals surface area contributed by atoms with Gasteiger partial charge in [0.1, 0.15) is 22.5 Å². The summed E-state index contributed by atoms with van der Waals surface area (Å²) in [6, 6.07) is 58.3. The van der Waals surface area contributed by atoms with Crippen LogP contribution < -0.4 is 18.9 Å². The number of benzene rings is 7. The topological polar surface area (TPSA) is 19.2 Å². The van der Waals surface area contributed by atoms with Crippen molar-refractivity contribution in [3.8, 4) is 17.1 Å². The first-order valence-electron chi connectivity index (χ1n) is 21.4. The molecule has 1 unspecified atom stereocenters. The van der Waals surface area contributed by atoms with Crippen LogP contribution in [0.5, 0.6) is 0 Å². The quantitative estimate of drug-likeness (QED) is 0.143. The molecule has 10 aromatic rings. The minimum absolute atomic E-state index is 0.250. The van der Waals surface area contributed by atoms with Crippen LogP contribution in [-0.4, -0.2) is 4.57 Å². The molecule has 6 aliphatic heterocycles. The Morgan fingerprint density at radius 2 is 0.933 bits per heavy atom. The molecule has 280 valence electrons. The summed E-state index contributed by atoms with van der Waals surface area (Å²) in [5, 5.41) is 7.65. The number of nitrogens with zero attached hydrogens (tertiary/aromatic N) is 5. The van der Waals surface area contributed by atoms with Crippen LogP contribution in [0.4, 0.5) is 34.4 Å². The zero-order valence-electron chi connectivity index (χ0n) is 33.7. The van der Waals surface area contributed by atoms with Crippen LogP contribution in [0.2, 0.25) is 0 Å². The molecule has 0 amide bonds. The molecule has 5 heteroatoms. The molecule has 1 spiro atoms. The molecule has 0 saturated carbocycles. The summed E-state index contributed by atoms with van der Waals surface area (Å²) in [6.45, 7) is 9.78. The first-order valence-corrected chi connectivity index (χ1v) is 21.4. The van der Waals surface area contributed by atoms with Gasteiger partial charge < -0.3 is 4.57 Å². The number of fused-ring (bicyclic) bond motifs is 15. The van der Waals surface area contributed by atoms with Crippen molar-refractivity contribution in [3.63, 3.8) is 0 Å². The van der Waals surface area contributed by atoms with Gasteiger partial charge in [0.15, 0.2) is 22.8 Å². The van der Waals surface area contributed by atoms with Crippen molar-refractivity contribution in [2.75, 3.05) is 9.80 Å². The van der Waals surface area contributed by atoms with E-state index in [1.165, 1.54) is 128 Å². The zero-order chi connectivity index (χ0) is 39.3. The average Bonchev–Trinajstić information content (AvgIpc) is 3.78. The molecule has 5 nitrogen and oxygen atoms in total. The van der Waals surface area contributed by atoms with Gasteiger partial charge in [0.25, 0.3) is 11.6 Å². The fraction of sp³-hybridized carbons (Fsp3) is 0.127. The average molecular weight is 768 g/mol. The highest BCUT2D eigenvalue weighted by molar-refractivity contribution is 6.16. The molecule has 0 aliphatic carbocycles. The first kappa shape index (κ1) is 30.8. The van der Waals surface area contributed by atoms with Gasteiger partial charge in [-0.05, 0) is 53.2 Å². The van der Waals surface area contributed by atoms with Gasteiger partial charge in [-0.3, -0.25) is 0 Å². The Kier molecular flexibility index (Phi) is 4.77. The van der Waals surface area contributed by atoms with Crippen molar-refractivity contribution < 1.29 is 9.13 Å². The molecular formula is C55H37N5+2. The molecule has 0 radical (unpaired) electrons. The van der Waals surface area contributed by atoms with Crippen LogP contribution in [0.1, 0.15) is 61.1 Å². The van der Waals surface area contributed by atoms with Gasteiger partial charge in [0, 0.05) is 66.8 Å². The van der Waals surface area contributed by atoms with E-state index in [2.05, 4.69) is 203 Å². The van der Waals surface area contributed by atoms with Crippen LogP contribution in [-0.2, 0) is 16.5 Å². The summed E-state index contributed by atoms with van der Waals surface area (Å²) in [6.07, 6.45) is 0. The predicted octanol–water partition coefficient (Wildman–Crippen LogP) is 12.1. The third kappa shape index (κ3) is 2.88. The van der Waals surface area contributed by atoms with Gasteiger partial charge in [-0.15, -0.1) is 0 Å². The third-order valence-corrected chi connectivity index (χ3v) is 15.7. The van der Waals surface area contributed by atoms with E-state index in [4.69, 9.17) is 0 Å². The minimum atomic E-state index is -0.754. The number of aromatic nitrogens is 3. The Balaban J connectivity index is 1.28. The number of hydrogen-bond donors (Lipinski definition) is 0. The van der Waals surface area contributed by atoms with Gasteiger partial charge in [0.05, 0.1) is 16.7 Å². The molecule has 0 saturated heterocycles. The molecule has 0 bridgehead atoms. The number of para-hydroxylation sites is 3. The Morgan fingerprint density at radius 3 is 1.57 bits per heavy atom. The van der Waals surface area contributed by atoms with E-state index in [-0.39, 0.29) is 10.8 Å². The second-order valence-corrected chi connectivity index (χ2v) is 18.9. The van der Waals surface area contributed by atoms with Gasteiger partial charge in [-0.25, -0.2) is 0 Å². The maximum Gasteiger partial charge on any atom is 0.319 e. The van der Waals surface area contributed by atoms with E-state index in [1.54, 1.807) is 0 Å². The number of pyridine rings is 2. The van der Waals surface area contributed by atoms with Crippen molar-refractivity contribution in [2.24, 2.45) is 0 Å². The Hall–Kier alpha value is -7.24. The molecule has 7 aromatic carbocycles. The summed E-state index contributed by atoms with van der Waals surface area (Å²) in [4.78, 5) is 5.31. The van der Waals surface area contributed by atoms with E-state index in [9.17, 15) is 0 Å². The summed E-state index contributed by atoms with van der Waals surface area (Å²) in [7, 11) is 0. The lowest BCUT2D eigenvalue weighted by Gasteiger charge is -2.49. The van der Waals surface area contributed by atoms with Crippen LogP contribution in [0.25, 0.3) is 60.4 Å². The van der Waals surface area contributed by atoms with Crippen molar-refractivity contribution in [1.29, 1.82) is 0 Å². The van der Waals surface area contributed by atoms with Crippen molar-refractivity contribution >= 4 is 77.7 Å². The highest BCUT2D eigenvalue weighted by Gasteiger charge is 2.73. The first-order chi connectivity index (χ1) is 29.3. The lowest BCUT2D eigenvalue weighted by Crippen LogP contribution is -2.77. The van der Waals surface area contributed by atoms with Crippen molar-refractivity contribution in [3.05, 3.63) is 185 Å². The number of anilines is 6. The van der Waals surface area contributed by atoms with Gasteiger partial charge in [-0.2, -0.15) is 18.9 Å². The minimum Gasteiger partial charge on any atom is -0.308 e. The Bertz CT molecular complexity index is 3720. The highest BCUT2D eigenvalue weighted by Crippen LogP contribution is 2.67. The van der Waals surface area contributed by atoms with Crippen molar-refractivity contribution in [1.82, 2.24) is 4.57 Å². The second-order valence-electron chi connectivity index (χ2n) is 18.9. The highest BCUT2D eigenvalue weighted by atomic mass is 15.5. The lowest BCUT2D eigenvalue weighted by atomic mass is 9.67. The maximum absolute atomic E-state index is 2.81. The van der Waals surface area contributed by atoms with Crippen LogP contribution >= 0.6 is 0 Å². The molecule has 16 rings (SSSR count). The number of rotatable bonds is 0. The fourth-order valence-electron chi connectivity index (χ4n) is 13.3. The smallest absolute Gasteiger partial charge is 0.308 e. The summed E-state index contributed by atoms with van der Waals surface area (Å²) in [5.74, 6) is 2.41. The largest absolute Gasteiger partial charge is 0.319 e. The maximum atomic E-state index is 2.81. The van der Waals surface area contributed by atoms with E-state index in [0.29, 0.717) is 0 Å². The van der Waals surface area contributed by atoms with E-state index in [0.717, 1.165) is 0 Å². The molecule has 9 heterocycles. The summed E-state index contributed by atoms with van der Waals surface area (Å²) < 4.78 is 8.27. The predicted molar refractivity (Wildman–Crippen MR) is 240 cm³/mol. The molecule has 6 aliphatic rings. The van der Waals surface area contributed by atoms with Crippen molar-refractivity contribution in [2.45, 2.75) is 44.2 Å². The molecule has 0 fully saturated rings. The van der Waals surface area contributed by atoms with E-state index < -0.39 is 5.66 Å². The Labute approximate surface area is 346 Å². The zero-order valence-corrected chi connectivity index (χ0v) is 33.7.